The van der Waals surface area contributed by atoms with Gasteiger partial charge in [0.25, 0.3) is 5.79 Å². The minimum Gasteiger partial charge on any atom is -0.422 e. The maximum Gasteiger partial charge on any atom is 0.329 e. The van der Waals surface area contributed by atoms with Gasteiger partial charge in [-0.05, 0) is 30.4 Å². The molecule has 2 atom stereocenters. The lowest BCUT2D eigenvalue weighted by Crippen LogP contribution is -2.67. The molecule has 2 saturated heterocycles. The lowest BCUT2D eigenvalue weighted by Gasteiger charge is -2.54. The number of ether oxygens (including phenoxy) is 2. The molecule has 5 nitrogen and oxygen atoms in total. The Bertz CT molecular complexity index is 691. The van der Waals surface area contributed by atoms with Gasteiger partial charge in [-0.3, -0.25) is 9.59 Å². The van der Waals surface area contributed by atoms with Crippen molar-refractivity contribution < 1.29 is 19.1 Å². The Kier molecular flexibility index (Phi) is 3.21. The number of nitrogens with zero attached hydrogens (tertiary/aromatic N) is 1. The van der Waals surface area contributed by atoms with Gasteiger partial charge in [0.15, 0.2) is 5.41 Å². The van der Waals surface area contributed by atoms with Crippen LogP contribution < -0.4 is 4.90 Å². The van der Waals surface area contributed by atoms with E-state index in [9.17, 15) is 9.59 Å². The molecule has 4 rings (SSSR count). The second-order valence-electron chi connectivity index (χ2n) is 7.79. The molecule has 0 aliphatic carbocycles. The number of carbonyl (C=O) groups excluding carboxylic acids is 2. The average molecular weight is 329 g/mol. The first-order valence-electron chi connectivity index (χ1n) is 8.65. The number of hydrogen-bond acceptors (Lipinski definition) is 5. The summed E-state index contributed by atoms with van der Waals surface area (Å²) < 4.78 is 11.1. The average Bonchev–Trinajstić information content (AvgIpc) is 2.51. The predicted octanol–water partition coefficient (Wildman–Crippen LogP) is 2.67. The second-order valence-corrected chi connectivity index (χ2v) is 7.79. The molecular weight excluding hydrogens is 306 g/mol. The number of hydrogen-bond donors (Lipinski definition) is 0. The highest BCUT2D eigenvalue weighted by molar-refractivity contribution is 6.04. The van der Waals surface area contributed by atoms with E-state index in [1.807, 2.05) is 18.2 Å². The van der Waals surface area contributed by atoms with Crippen LogP contribution in [0.3, 0.4) is 0 Å². The van der Waals surface area contributed by atoms with Crippen LogP contribution >= 0.6 is 0 Å². The molecule has 24 heavy (non-hydrogen) atoms. The van der Waals surface area contributed by atoms with Crippen LogP contribution in [0.4, 0.5) is 5.69 Å². The first-order valence-corrected chi connectivity index (χ1v) is 8.65. The highest BCUT2D eigenvalue weighted by atomic mass is 16.7. The van der Waals surface area contributed by atoms with Crippen molar-refractivity contribution in [2.45, 2.75) is 51.9 Å². The molecule has 3 heterocycles. The fourth-order valence-corrected chi connectivity index (χ4v) is 4.40. The molecule has 1 aromatic rings. The van der Waals surface area contributed by atoms with Gasteiger partial charge in [-0.1, -0.05) is 25.1 Å². The van der Waals surface area contributed by atoms with Crippen molar-refractivity contribution in [1.82, 2.24) is 0 Å². The summed E-state index contributed by atoms with van der Waals surface area (Å²) in [5.74, 6) is -1.62. The molecule has 3 aliphatic heterocycles. The van der Waals surface area contributed by atoms with E-state index >= 15 is 0 Å². The number of piperidine rings is 1. The molecule has 5 heteroatoms. The van der Waals surface area contributed by atoms with Gasteiger partial charge in [0, 0.05) is 32.5 Å². The maximum atomic E-state index is 13.0. The van der Waals surface area contributed by atoms with Gasteiger partial charge >= 0.3 is 11.9 Å². The highest BCUT2D eigenvalue weighted by Crippen LogP contribution is 2.50. The summed E-state index contributed by atoms with van der Waals surface area (Å²) in [5.41, 5.74) is 0.890. The molecule has 2 fully saturated rings. The number of rotatable bonds is 0. The first-order chi connectivity index (χ1) is 11.3. The standard InChI is InChI=1S/C19H23NO4/c1-12-8-9-20-14-7-5-4-6-13(14)11-19(15(20)10-12)16(21)23-18(2,3)24-17(19)22/h4-7,12,15H,8-11H2,1-3H3/t12-,15-/m0/s1. The predicted molar refractivity (Wildman–Crippen MR) is 88.4 cm³/mol. The van der Waals surface area contributed by atoms with Gasteiger partial charge in [-0.2, -0.15) is 0 Å². The summed E-state index contributed by atoms with van der Waals surface area (Å²) in [6, 6.07) is 7.82. The van der Waals surface area contributed by atoms with Gasteiger partial charge in [0.2, 0.25) is 0 Å². The third-order valence-corrected chi connectivity index (χ3v) is 5.61. The van der Waals surface area contributed by atoms with Crippen molar-refractivity contribution in [1.29, 1.82) is 0 Å². The van der Waals surface area contributed by atoms with E-state index < -0.39 is 23.1 Å². The fraction of sp³-hybridized carbons (Fsp3) is 0.579. The number of anilines is 1. The van der Waals surface area contributed by atoms with Crippen LogP contribution in [0.25, 0.3) is 0 Å². The molecule has 0 radical (unpaired) electrons. The normalized spacial score (nSPS) is 30.2. The van der Waals surface area contributed by atoms with E-state index in [-0.39, 0.29) is 6.04 Å². The van der Waals surface area contributed by atoms with Crippen molar-refractivity contribution in [3.05, 3.63) is 29.8 Å². The van der Waals surface area contributed by atoms with Crippen molar-refractivity contribution in [2.24, 2.45) is 11.3 Å². The minimum atomic E-state index is -1.25. The summed E-state index contributed by atoms with van der Waals surface area (Å²) in [6.07, 6.45) is 2.19. The molecular formula is C19H23NO4. The van der Waals surface area contributed by atoms with Gasteiger partial charge in [-0.15, -0.1) is 0 Å². The number of para-hydroxylation sites is 1. The smallest absolute Gasteiger partial charge is 0.329 e. The van der Waals surface area contributed by atoms with Crippen LogP contribution in [0, 0.1) is 11.3 Å². The lowest BCUT2D eigenvalue weighted by atomic mass is 9.66. The molecule has 0 saturated carbocycles. The van der Waals surface area contributed by atoms with Gasteiger partial charge in [-0.25, -0.2) is 0 Å². The molecule has 0 amide bonds. The number of cyclic esters (lactones) is 2. The number of carbonyl (C=O) groups is 2. The first kappa shape index (κ1) is 15.5. The summed E-state index contributed by atoms with van der Waals surface area (Å²) in [5, 5.41) is 0. The number of esters is 2. The number of fused-ring (bicyclic) bond motifs is 4. The zero-order valence-corrected chi connectivity index (χ0v) is 14.4. The van der Waals surface area contributed by atoms with Crippen LogP contribution in [-0.2, 0) is 25.5 Å². The van der Waals surface area contributed by atoms with E-state index in [4.69, 9.17) is 9.47 Å². The van der Waals surface area contributed by atoms with E-state index in [1.165, 1.54) is 0 Å². The quantitative estimate of drug-likeness (QED) is 0.541. The van der Waals surface area contributed by atoms with Crippen LogP contribution in [0.15, 0.2) is 24.3 Å². The molecule has 0 unspecified atom stereocenters. The Morgan fingerprint density at radius 3 is 2.50 bits per heavy atom. The fourth-order valence-electron chi connectivity index (χ4n) is 4.40. The minimum absolute atomic E-state index is 0.202. The Labute approximate surface area is 141 Å². The molecule has 128 valence electrons. The zero-order chi connectivity index (χ0) is 17.1. The molecule has 0 N–H and O–H groups in total. The van der Waals surface area contributed by atoms with Crippen LogP contribution in [0.2, 0.25) is 0 Å². The van der Waals surface area contributed by atoms with E-state index in [0.29, 0.717) is 12.3 Å². The van der Waals surface area contributed by atoms with Gasteiger partial charge in [0.1, 0.15) is 0 Å². The Morgan fingerprint density at radius 1 is 1.12 bits per heavy atom. The Balaban J connectivity index is 1.85. The molecule has 1 spiro atoms. The van der Waals surface area contributed by atoms with Gasteiger partial charge < -0.3 is 14.4 Å². The van der Waals surface area contributed by atoms with E-state index in [2.05, 4.69) is 17.9 Å². The molecule has 1 aromatic carbocycles. The lowest BCUT2D eigenvalue weighted by molar-refractivity contribution is -0.253. The molecule has 0 bridgehead atoms. The number of benzene rings is 1. The van der Waals surface area contributed by atoms with E-state index in [1.54, 1.807) is 13.8 Å². The topological polar surface area (TPSA) is 55.8 Å². The van der Waals surface area contributed by atoms with Crippen LogP contribution in [-0.4, -0.2) is 30.3 Å². The second kappa shape index (κ2) is 4.98. The van der Waals surface area contributed by atoms with Crippen molar-refractivity contribution in [3.63, 3.8) is 0 Å². The highest BCUT2D eigenvalue weighted by Gasteiger charge is 2.64. The summed E-state index contributed by atoms with van der Waals surface area (Å²) in [6.45, 7) is 6.23. The summed E-state index contributed by atoms with van der Waals surface area (Å²) >= 11 is 0. The largest absolute Gasteiger partial charge is 0.422 e. The van der Waals surface area contributed by atoms with Crippen LogP contribution in [0.1, 0.15) is 39.2 Å². The molecule has 3 aliphatic rings. The van der Waals surface area contributed by atoms with Gasteiger partial charge in [0.05, 0.1) is 6.04 Å². The third kappa shape index (κ3) is 2.06. The maximum absolute atomic E-state index is 13.0. The molecule has 0 aromatic heterocycles. The van der Waals surface area contributed by atoms with Crippen LogP contribution in [0.5, 0.6) is 0 Å². The monoisotopic (exact) mass is 329 g/mol. The third-order valence-electron chi connectivity index (χ3n) is 5.61. The van der Waals surface area contributed by atoms with Crippen molar-refractivity contribution in [3.8, 4) is 0 Å². The van der Waals surface area contributed by atoms with E-state index in [0.717, 1.165) is 30.6 Å². The Hall–Kier alpha value is -2.04. The zero-order valence-electron chi connectivity index (χ0n) is 14.4. The Morgan fingerprint density at radius 2 is 1.79 bits per heavy atom. The summed E-state index contributed by atoms with van der Waals surface area (Å²) in [7, 11) is 0. The summed E-state index contributed by atoms with van der Waals surface area (Å²) in [4.78, 5) is 28.3. The van der Waals surface area contributed by atoms with Crippen molar-refractivity contribution in [2.75, 3.05) is 11.4 Å². The SMILES string of the molecule is C[C@H]1CCN2c3ccccc3CC3(C(=O)OC(C)(C)OC3=O)[C@@H]2C1. The van der Waals surface area contributed by atoms with Crippen molar-refractivity contribution >= 4 is 17.6 Å².